The molecular weight excluding hydrogens is 1710 g/mol. The van der Waals surface area contributed by atoms with Gasteiger partial charge in [-0.25, -0.2) is 0 Å². The first kappa shape index (κ1) is 112. The topological polar surface area (TPSA) is 590 Å². The normalized spacial score (nSPS) is 11.0. The maximum atomic E-state index is 13.6. The monoisotopic (exact) mass is 1810 g/mol. The quantitative estimate of drug-likeness (QED) is 0.0157. The van der Waals surface area contributed by atoms with Crippen molar-refractivity contribution in [2.75, 3.05) is 154 Å². The summed E-state index contributed by atoms with van der Waals surface area (Å²) >= 11 is 0. The van der Waals surface area contributed by atoms with E-state index in [1.54, 1.807) is 16.0 Å². The summed E-state index contributed by atoms with van der Waals surface area (Å²) in [6.45, 7) is -11.7. The summed E-state index contributed by atoms with van der Waals surface area (Å²) in [5.74, 6) is -25.6. The molecule has 0 aromatic carbocycles. The Kier molecular flexibility index (Phi) is 52.6. The predicted octanol–water partition coefficient (Wildman–Crippen LogP) is -4.90. The van der Waals surface area contributed by atoms with E-state index in [-0.39, 0.29) is 19.3 Å². The molecule has 0 aliphatic carbocycles. The number of hydrogen-bond donors (Lipinski definition) is 9. The van der Waals surface area contributed by atoms with Gasteiger partial charge in [0.2, 0.25) is 88.6 Å². The Morgan fingerprint density at radius 1 is 0.248 bits per heavy atom. The molecule has 0 aliphatic rings. The predicted molar refractivity (Wildman–Crippen MR) is 404 cm³/mol. The van der Waals surface area contributed by atoms with E-state index in [0.717, 1.165) is 64.8 Å². The lowest BCUT2D eigenvalue weighted by Gasteiger charge is -2.22. The Morgan fingerprint density at radius 2 is 0.448 bits per heavy atom. The van der Waals surface area contributed by atoms with E-state index in [1.165, 1.54) is 7.05 Å². The molecule has 0 saturated carbocycles. The third-order valence-corrected chi connectivity index (χ3v) is 16.9. The van der Waals surface area contributed by atoms with Crippen LogP contribution in [0.25, 0.3) is 0 Å². The van der Waals surface area contributed by atoms with Gasteiger partial charge in [-0.05, 0) is 12.8 Å². The molecular formula is C73H102F9N15O28. The van der Waals surface area contributed by atoms with Gasteiger partial charge in [0.25, 0.3) is 0 Å². The minimum Gasteiger partial charge on any atom is -0.468 e. The fraction of sp³-hybridized carbons (Fsp3) is 0.644. The van der Waals surface area contributed by atoms with Crippen LogP contribution in [-0.2, 0) is 134 Å². The van der Waals surface area contributed by atoms with Crippen LogP contribution in [-0.4, -0.2) is 354 Å². The van der Waals surface area contributed by atoms with Crippen LogP contribution >= 0.6 is 0 Å². The van der Waals surface area contributed by atoms with Crippen LogP contribution in [0.3, 0.4) is 0 Å². The van der Waals surface area contributed by atoms with Crippen molar-refractivity contribution in [3.63, 3.8) is 0 Å². The van der Waals surface area contributed by atoms with Crippen molar-refractivity contribution in [1.82, 2.24) is 77.3 Å². The zero-order valence-corrected chi connectivity index (χ0v) is 69.3. The third-order valence-electron chi connectivity index (χ3n) is 16.9. The fourth-order valence-corrected chi connectivity index (χ4v) is 10.0. The number of rotatable bonds is 63. The largest absolute Gasteiger partial charge is 0.468 e. The van der Waals surface area contributed by atoms with Crippen LogP contribution in [0.2, 0.25) is 0 Å². The number of methoxy groups -OCH3 is 2. The number of esters is 2. The number of carbonyl (C=O) groups excluding carboxylic acids is 26. The Labute approximate surface area is 707 Å². The van der Waals surface area contributed by atoms with E-state index in [9.17, 15) is 164 Å². The molecule has 0 heterocycles. The van der Waals surface area contributed by atoms with Gasteiger partial charge in [0.15, 0.2) is 58.0 Å². The number of carbonyl (C=O) groups is 26. The van der Waals surface area contributed by atoms with Crippen molar-refractivity contribution < 1.29 is 174 Å². The lowest BCUT2D eigenvalue weighted by Crippen LogP contribution is -2.43. The number of hydrogen-bond acceptors (Lipinski definition) is 28. The second kappa shape index (κ2) is 58.5. The SMILES string of the molecule is COC(=O)C(CC(=O)CNC(=O)CCC(=O)CN(CCCC(=O)CNC(=O)CCC(=O)CN(CCCC(=O)CNC(=O)CCC(=O)CN(C)C(=O)CNC(=O)CCC(=O)CN(C)C(=O)CNC(=O)CC(F)(F)F)C(=O)CNC(=O)CCC(=O)CN(C)C(=O)CNC(=O)CC(F)(F)F)C(=O)CNC(=O)CCC(=O)CN(C)C(=O)CNC(=O)CC(F)(F)F)C(=O)OC. The van der Waals surface area contributed by atoms with Gasteiger partial charge in [0.1, 0.15) is 19.3 Å². The number of ketones is 9. The van der Waals surface area contributed by atoms with E-state index in [0.29, 0.717) is 0 Å². The number of alkyl halides is 9. The Hall–Kier alpha value is -12.6. The number of amides is 15. The minimum absolute atomic E-state index is 0.210. The van der Waals surface area contributed by atoms with Gasteiger partial charge in [-0.3, -0.25) is 125 Å². The van der Waals surface area contributed by atoms with Crippen molar-refractivity contribution in [3.8, 4) is 0 Å². The van der Waals surface area contributed by atoms with Crippen molar-refractivity contribution >= 4 is 153 Å². The molecule has 0 bridgehead atoms. The van der Waals surface area contributed by atoms with E-state index >= 15 is 0 Å². The van der Waals surface area contributed by atoms with Gasteiger partial charge in [0.05, 0.1) is 112 Å². The average Bonchev–Trinajstić information content (AvgIpc) is 0.904. The molecule has 52 heteroatoms. The van der Waals surface area contributed by atoms with E-state index in [2.05, 4.69) is 41.4 Å². The van der Waals surface area contributed by atoms with Crippen LogP contribution in [0.15, 0.2) is 0 Å². The van der Waals surface area contributed by atoms with Gasteiger partial charge in [-0.15, -0.1) is 0 Å². The summed E-state index contributed by atoms with van der Waals surface area (Å²) in [6.07, 6.45) is -28.5. The highest BCUT2D eigenvalue weighted by Gasteiger charge is 2.36. The lowest BCUT2D eigenvalue weighted by molar-refractivity contribution is -0.161. The van der Waals surface area contributed by atoms with Crippen LogP contribution in [0, 0.1) is 5.92 Å². The number of likely N-dealkylation sites (N-methyl/N-ethyl adjacent to an activating group) is 4. The molecule has 0 spiro atoms. The van der Waals surface area contributed by atoms with Crippen LogP contribution < -0.4 is 47.9 Å². The highest BCUT2D eigenvalue weighted by molar-refractivity contribution is 6.01. The summed E-state index contributed by atoms with van der Waals surface area (Å²) in [5, 5.41) is 18.7. The van der Waals surface area contributed by atoms with E-state index < -0.39 is 397 Å². The van der Waals surface area contributed by atoms with Crippen molar-refractivity contribution in [3.05, 3.63) is 0 Å². The highest BCUT2D eigenvalue weighted by atomic mass is 19.4. The van der Waals surface area contributed by atoms with Gasteiger partial charge in [0, 0.05) is 138 Å². The Morgan fingerprint density at radius 3 is 0.672 bits per heavy atom. The van der Waals surface area contributed by atoms with Crippen molar-refractivity contribution in [2.45, 2.75) is 147 Å². The molecule has 700 valence electrons. The smallest absolute Gasteiger partial charge is 0.397 e. The first-order valence-electron chi connectivity index (χ1n) is 38.0. The number of Topliss-reactive ketones (excluding diaryl/α,β-unsaturated/α-hetero) is 9. The van der Waals surface area contributed by atoms with Gasteiger partial charge < -0.3 is 86.7 Å². The highest BCUT2D eigenvalue weighted by Crippen LogP contribution is 2.21. The molecule has 0 radical (unpaired) electrons. The number of nitrogens with zero attached hydrogens (tertiary/aromatic N) is 6. The van der Waals surface area contributed by atoms with Gasteiger partial charge in [-0.1, -0.05) is 0 Å². The molecule has 0 aromatic rings. The zero-order chi connectivity index (χ0) is 95.5. The van der Waals surface area contributed by atoms with Gasteiger partial charge in [-0.2, -0.15) is 39.5 Å². The number of ether oxygens (including phenoxy) is 2. The number of nitrogens with one attached hydrogen (secondary N) is 9. The second-order valence-electron chi connectivity index (χ2n) is 27.9. The summed E-state index contributed by atoms with van der Waals surface area (Å²) in [4.78, 5) is 331. The summed E-state index contributed by atoms with van der Waals surface area (Å²) in [6, 6.07) is 0. The maximum Gasteiger partial charge on any atom is 0.397 e. The molecule has 125 heavy (non-hydrogen) atoms. The van der Waals surface area contributed by atoms with E-state index in [4.69, 9.17) is 0 Å². The molecule has 0 fully saturated rings. The average molecular weight is 1810 g/mol. The summed E-state index contributed by atoms with van der Waals surface area (Å²) in [5.41, 5.74) is 0. The molecule has 9 N–H and O–H groups in total. The molecule has 0 saturated heterocycles. The van der Waals surface area contributed by atoms with Crippen LogP contribution in [0.4, 0.5) is 39.5 Å². The van der Waals surface area contributed by atoms with Gasteiger partial charge >= 0.3 is 30.5 Å². The Bertz CT molecular complexity index is 3900. The third kappa shape index (κ3) is 56.7. The molecule has 15 amide bonds. The van der Waals surface area contributed by atoms with Crippen molar-refractivity contribution in [1.29, 1.82) is 0 Å². The fourth-order valence-electron chi connectivity index (χ4n) is 10.0. The standard InChI is InChI=1S/C73H102F9N15O28/c1-92(63(116)32-86-57(110)18-12-47(101)39-93(2)64(117)33-89-60(113)26-71(74,75)76)38-46(100)11-17-54(107)83-29-44(98)9-7-23-96(67(120)36-87-58(111)19-13-48(102)40-94(3)65(118)34-90-61(114)27-72(77,78)79)42-50(104)15-21-55(108)84-30-45(99)10-8-24-97(43-51(105)16-22-56(109)85-31-52(106)25-53(69(122)124-5)70(123)125-6)68(121)37-88-59(112)20-14-49(103)41-95(4)66(119)35-91-62(115)28-73(80,81)82/h53H,7-43H2,1-6H3,(H,83,107)(H,84,108)(H,85,109)(H,86,110)(H,87,111)(H,88,112)(H,89,113)(H,90,114)(H,91,115). The molecule has 0 atom stereocenters. The molecule has 0 rings (SSSR count). The molecule has 0 unspecified atom stereocenters. The second-order valence-corrected chi connectivity index (χ2v) is 27.9. The first-order valence-corrected chi connectivity index (χ1v) is 38.0. The molecule has 0 aliphatic heterocycles. The summed E-state index contributed by atoms with van der Waals surface area (Å²) in [7, 11) is 6.38. The van der Waals surface area contributed by atoms with Crippen LogP contribution in [0.5, 0.6) is 0 Å². The summed E-state index contributed by atoms with van der Waals surface area (Å²) < 4.78 is 121. The first-order chi connectivity index (χ1) is 58.1. The van der Waals surface area contributed by atoms with E-state index in [1.807, 2.05) is 0 Å². The molecule has 0 aromatic heterocycles. The van der Waals surface area contributed by atoms with Crippen molar-refractivity contribution in [2.24, 2.45) is 5.92 Å². The van der Waals surface area contributed by atoms with Crippen LogP contribution in [0.1, 0.15) is 128 Å². The zero-order valence-electron chi connectivity index (χ0n) is 69.3. The molecule has 43 nitrogen and oxygen atoms in total. The Balaban J connectivity index is 5.97. The maximum absolute atomic E-state index is 13.6. The minimum atomic E-state index is -4.87. The number of halogens is 9. The lowest BCUT2D eigenvalue weighted by atomic mass is 10.0.